The van der Waals surface area contributed by atoms with E-state index in [9.17, 15) is 46.0 Å². The normalized spacial score (nSPS) is 13.1. The number of phenolic OH excluding ortho intramolecular Hbond substituents is 9. The zero-order valence-corrected chi connectivity index (χ0v) is 35.4. The zero-order chi connectivity index (χ0) is 46.2. The van der Waals surface area contributed by atoms with Gasteiger partial charge in [0.2, 0.25) is 23.0 Å². The van der Waals surface area contributed by atoms with Gasteiger partial charge in [-0.1, -0.05) is 127 Å². The molecule has 328 valence electrons. The molecular formula is C55H44N2O9. The maximum absolute atomic E-state index is 11.3. The van der Waals surface area contributed by atoms with E-state index in [1.165, 1.54) is 11.8 Å². The molecule has 0 bridgehead atoms. The van der Waals surface area contributed by atoms with Crippen LogP contribution in [0.4, 0.5) is 34.1 Å². The molecule has 0 radical (unpaired) electrons. The first kappa shape index (κ1) is 42.3. The molecule has 0 saturated carbocycles. The number of benzene rings is 8. The monoisotopic (exact) mass is 876 g/mol. The highest BCUT2D eigenvalue weighted by Gasteiger charge is 2.30. The Labute approximate surface area is 380 Å². The fraction of sp³-hybridized carbons (Fsp3) is 0.0545. The van der Waals surface area contributed by atoms with Crippen molar-refractivity contribution < 1.29 is 46.0 Å². The molecule has 1 aliphatic carbocycles. The number of allylic oxidation sites excluding steroid dienone is 4. The third-order valence-corrected chi connectivity index (χ3v) is 12.0. The first-order chi connectivity index (χ1) is 31.9. The lowest BCUT2D eigenvalue weighted by Gasteiger charge is -2.28. The van der Waals surface area contributed by atoms with Gasteiger partial charge in [0.25, 0.3) is 0 Å². The number of aromatic hydroxyl groups is 9. The van der Waals surface area contributed by atoms with Gasteiger partial charge in [-0.2, -0.15) is 0 Å². The molecule has 9 rings (SSSR count). The SMILES string of the molecule is Cc1c(O)c(O)c(O)c(N(c2ccc(-c3ccc(-c4ccc(N(c5ccc(-c6ccccc6)cc5)c5c(O)c(O)c(O)c(O)c5O)cc4)cc3)cc2)c2ccc([C@@H]3C=CC=CC3)cc2)c1O. The summed E-state index contributed by atoms with van der Waals surface area (Å²) < 4.78 is 0. The summed E-state index contributed by atoms with van der Waals surface area (Å²) in [6.07, 6.45) is 9.15. The second kappa shape index (κ2) is 17.3. The first-order valence-corrected chi connectivity index (χ1v) is 21.1. The summed E-state index contributed by atoms with van der Waals surface area (Å²) in [6.45, 7) is 1.45. The van der Waals surface area contributed by atoms with Crippen molar-refractivity contribution in [2.45, 2.75) is 19.3 Å². The van der Waals surface area contributed by atoms with Crippen molar-refractivity contribution in [3.8, 4) is 85.1 Å². The minimum absolute atomic E-state index is 0.00932. The van der Waals surface area contributed by atoms with Gasteiger partial charge in [0.1, 0.15) is 17.1 Å². The Kier molecular flexibility index (Phi) is 11.1. The van der Waals surface area contributed by atoms with Gasteiger partial charge in [0.15, 0.2) is 23.0 Å². The Balaban J connectivity index is 1.01. The molecule has 1 atom stereocenters. The van der Waals surface area contributed by atoms with Gasteiger partial charge in [0.05, 0.1) is 0 Å². The summed E-state index contributed by atoms with van der Waals surface area (Å²) in [4.78, 5) is 3.09. The third-order valence-electron chi connectivity index (χ3n) is 12.0. The van der Waals surface area contributed by atoms with E-state index in [1.807, 2.05) is 140 Å². The Hall–Kier alpha value is -8.96. The number of nitrogens with zero attached hydrogens (tertiary/aromatic N) is 2. The second-order valence-electron chi connectivity index (χ2n) is 16.0. The van der Waals surface area contributed by atoms with E-state index >= 15 is 0 Å². The predicted octanol–water partition coefficient (Wildman–Crippen LogP) is 12.9. The van der Waals surface area contributed by atoms with E-state index < -0.39 is 46.0 Å². The van der Waals surface area contributed by atoms with Gasteiger partial charge in [-0.15, -0.1) is 0 Å². The lowest BCUT2D eigenvalue weighted by atomic mass is 9.92. The quantitative estimate of drug-likeness (QED) is 0.0470. The molecule has 8 aromatic carbocycles. The fourth-order valence-corrected chi connectivity index (χ4v) is 8.31. The van der Waals surface area contributed by atoms with Crippen molar-refractivity contribution in [1.82, 2.24) is 0 Å². The van der Waals surface area contributed by atoms with E-state index in [4.69, 9.17) is 0 Å². The lowest BCUT2D eigenvalue weighted by Crippen LogP contribution is -2.11. The van der Waals surface area contributed by atoms with E-state index in [0.717, 1.165) is 45.4 Å². The smallest absolute Gasteiger partial charge is 0.208 e. The van der Waals surface area contributed by atoms with Crippen LogP contribution in [0, 0.1) is 6.92 Å². The molecule has 0 spiro atoms. The molecule has 9 N–H and O–H groups in total. The second-order valence-corrected chi connectivity index (χ2v) is 16.0. The van der Waals surface area contributed by atoms with Crippen molar-refractivity contribution in [2.24, 2.45) is 0 Å². The zero-order valence-electron chi connectivity index (χ0n) is 35.4. The summed E-state index contributed by atoms with van der Waals surface area (Å²) in [7, 11) is 0. The maximum Gasteiger partial charge on any atom is 0.208 e. The highest BCUT2D eigenvalue weighted by atomic mass is 16.4. The summed E-state index contributed by atoms with van der Waals surface area (Å²) in [5.74, 6) is -6.90. The average Bonchev–Trinajstić information content (AvgIpc) is 3.37. The molecule has 66 heavy (non-hydrogen) atoms. The van der Waals surface area contributed by atoms with Crippen LogP contribution in [0.15, 0.2) is 176 Å². The number of rotatable bonds is 10. The van der Waals surface area contributed by atoms with Crippen molar-refractivity contribution in [2.75, 3.05) is 9.80 Å². The molecule has 11 nitrogen and oxygen atoms in total. The van der Waals surface area contributed by atoms with Crippen LogP contribution in [-0.2, 0) is 0 Å². The van der Waals surface area contributed by atoms with Gasteiger partial charge >= 0.3 is 0 Å². The van der Waals surface area contributed by atoms with E-state index in [-0.39, 0.29) is 28.6 Å². The molecule has 0 unspecified atom stereocenters. The van der Waals surface area contributed by atoms with Gasteiger partial charge in [-0.3, -0.25) is 0 Å². The van der Waals surface area contributed by atoms with Crippen molar-refractivity contribution in [3.05, 3.63) is 187 Å². The molecule has 11 heteroatoms. The van der Waals surface area contributed by atoms with Crippen LogP contribution < -0.4 is 9.80 Å². The topological polar surface area (TPSA) is 189 Å². The van der Waals surface area contributed by atoms with Crippen LogP contribution in [0.5, 0.6) is 51.7 Å². The van der Waals surface area contributed by atoms with Crippen LogP contribution in [0.2, 0.25) is 0 Å². The largest absolute Gasteiger partial charge is 0.505 e. The highest BCUT2D eigenvalue weighted by Crippen LogP contribution is 2.58. The van der Waals surface area contributed by atoms with Crippen molar-refractivity contribution >= 4 is 34.1 Å². The molecule has 0 heterocycles. The minimum atomic E-state index is -1.05. The van der Waals surface area contributed by atoms with E-state index in [1.54, 1.807) is 29.2 Å². The van der Waals surface area contributed by atoms with Crippen LogP contribution in [0.25, 0.3) is 33.4 Å². The molecule has 8 aromatic rings. The molecule has 0 saturated heterocycles. The van der Waals surface area contributed by atoms with Crippen LogP contribution in [-0.4, -0.2) is 46.0 Å². The molecule has 0 aliphatic heterocycles. The van der Waals surface area contributed by atoms with Crippen molar-refractivity contribution in [3.63, 3.8) is 0 Å². The number of hydrogen-bond acceptors (Lipinski definition) is 11. The highest BCUT2D eigenvalue weighted by molar-refractivity contribution is 5.91. The molecule has 0 amide bonds. The van der Waals surface area contributed by atoms with Gasteiger partial charge in [0, 0.05) is 34.2 Å². The summed E-state index contributed by atoms with van der Waals surface area (Å²) >= 11 is 0. The minimum Gasteiger partial charge on any atom is -0.505 e. The first-order valence-electron chi connectivity index (χ1n) is 21.1. The lowest BCUT2D eigenvalue weighted by molar-refractivity contribution is 0.329. The Morgan fingerprint density at radius 1 is 0.348 bits per heavy atom. The van der Waals surface area contributed by atoms with Gasteiger partial charge < -0.3 is 55.8 Å². The Morgan fingerprint density at radius 3 is 1.08 bits per heavy atom. The van der Waals surface area contributed by atoms with Gasteiger partial charge in [-0.05, 0) is 101 Å². The van der Waals surface area contributed by atoms with E-state index in [2.05, 4.69) is 12.2 Å². The number of phenols is 9. The fourth-order valence-electron chi connectivity index (χ4n) is 8.31. The molecule has 0 aromatic heterocycles. The Morgan fingerprint density at radius 2 is 0.682 bits per heavy atom. The predicted molar refractivity (Wildman–Crippen MR) is 257 cm³/mol. The van der Waals surface area contributed by atoms with Crippen LogP contribution in [0.3, 0.4) is 0 Å². The van der Waals surface area contributed by atoms with E-state index in [0.29, 0.717) is 22.7 Å². The van der Waals surface area contributed by atoms with Crippen LogP contribution in [0.1, 0.15) is 23.5 Å². The van der Waals surface area contributed by atoms with Gasteiger partial charge in [-0.25, -0.2) is 0 Å². The summed E-state index contributed by atoms with van der Waals surface area (Å²) in [5, 5.41) is 96.8. The van der Waals surface area contributed by atoms with Crippen LogP contribution >= 0.6 is 0 Å². The summed E-state index contributed by atoms with van der Waals surface area (Å²) in [5.41, 5.74) is 8.18. The number of anilines is 6. The maximum atomic E-state index is 11.3. The molecular weight excluding hydrogens is 833 g/mol. The van der Waals surface area contributed by atoms with Crippen molar-refractivity contribution in [1.29, 1.82) is 0 Å². The number of hydrogen-bond donors (Lipinski definition) is 9. The Bertz CT molecular complexity index is 3070. The third kappa shape index (κ3) is 7.64. The standard InChI is InChI=1S/C55H44N2O9/c1-32-47(58)45(49(60)52(63)48(32)59)56(41-24-16-37(17-25-41)33-8-4-2-5-9-33)42-28-20-39(21-29-42)35-12-14-36(15-13-35)40-22-30-44(31-23-40)57(46-50(61)53(64)55(66)54(65)51(46)62)43-26-18-38(19-27-43)34-10-6-3-7-11-34/h2-8,10-31,33,58-66H,9H2,1H3/t33-/m1/s1. The molecule has 1 aliphatic rings. The average molecular weight is 877 g/mol. The molecule has 0 fully saturated rings. The summed E-state index contributed by atoms with van der Waals surface area (Å²) in [6, 6.07) is 47.4.